The van der Waals surface area contributed by atoms with Crippen LogP contribution in [0.2, 0.25) is 0 Å². The van der Waals surface area contributed by atoms with Crippen molar-refractivity contribution < 1.29 is 4.57 Å². The minimum absolute atomic E-state index is 0.467. The van der Waals surface area contributed by atoms with Gasteiger partial charge in [-0.05, 0) is 109 Å². The maximum Gasteiger partial charge on any atom is 0.220 e. The molecule has 7 rings (SSSR count). The van der Waals surface area contributed by atoms with Gasteiger partial charge in [-0.15, -0.1) is 0 Å². The molecule has 4 fully saturated rings. The first-order chi connectivity index (χ1) is 14.9. The van der Waals surface area contributed by atoms with Gasteiger partial charge < -0.3 is 0 Å². The lowest BCUT2D eigenvalue weighted by atomic mass is 9.48. The number of fused-ring (bicyclic) bond motifs is 1. The smallest absolute Gasteiger partial charge is 0.200 e. The highest BCUT2D eigenvalue weighted by Crippen LogP contribution is 2.60. The Balaban J connectivity index is 1.49. The predicted molar refractivity (Wildman–Crippen MR) is 129 cm³/mol. The fraction of sp³-hybridized carbons (Fsp3) is 0.500. The first-order valence-corrected chi connectivity index (χ1v) is 12.5. The van der Waals surface area contributed by atoms with Crippen LogP contribution in [0.4, 0.5) is 0 Å². The summed E-state index contributed by atoms with van der Waals surface area (Å²) in [5.74, 6) is 3.52. The predicted octanol–water partition coefficient (Wildman–Crippen LogP) is 7.23. The van der Waals surface area contributed by atoms with Crippen LogP contribution in [0.3, 0.4) is 0 Å². The van der Waals surface area contributed by atoms with Gasteiger partial charge in [-0.2, -0.15) is 0 Å². The van der Waals surface area contributed by atoms with Crippen LogP contribution in [0.15, 0.2) is 48.7 Å². The molecular formula is C30H36N+. The summed E-state index contributed by atoms with van der Waals surface area (Å²) in [7, 11) is 2.20. The molecule has 0 atom stereocenters. The zero-order valence-corrected chi connectivity index (χ0v) is 19.6. The fourth-order valence-electron chi connectivity index (χ4n) is 7.76. The summed E-state index contributed by atoms with van der Waals surface area (Å²) in [5.41, 5.74) is 7.61. The minimum Gasteiger partial charge on any atom is -0.200 e. The van der Waals surface area contributed by atoms with Crippen LogP contribution in [-0.4, -0.2) is 0 Å². The van der Waals surface area contributed by atoms with Gasteiger partial charge in [0.25, 0.3) is 0 Å². The van der Waals surface area contributed by atoms with Crippen molar-refractivity contribution in [3.63, 3.8) is 0 Å². The van der Waals surface area contributed by atoms with E-state index in [1.165, 1.54) is 71.7 Å². The van der Waals surface area contributed by atoms with Gasteiger partial charge in [0, 0.05) is 11.6 Å². The number of nitrogens with zero attached hydrogens (tertiary/aromatic N) is 1. The van der Waals surface area contributed by atoms with Crippen LogP contribution in [0.25, 0.3) is 22.0 Å². The molecule has 0 unspecified atom stereocenters. The van der Waals surface area contributed by atoms with Gasteiger partial charge in [0.05, 0.1) is 5.39 Å². The molecule has 2 aromatic carbocycles. The molecule has 4 aliphatic carbocycles. The molecule has 160 valence electrons. The van der Waals surface area contributed by atoms with Crippen LogP contribution < -0.4 is 4.57 Å². The van der Waals surface area contributed by atoms with Crippen molar-refractivity contribution in [3.8, 4) is 11.3 Å². The summed E-state index contributed by atoms with van der Waals surface area (Å²) in [4.78, 5) is 0. The van der Waals surface area contributed by atoms with Gasteiger partial charge in [0.2, 0.25) is 5.69 Å². The second-order valence-electron chi connectivity index (χ2n) is 11.5. The van der Waals surface area contributed by atoms with E-state index in [0.29, 0.717) is 11.3 Å². The van der Waals surface area contributed by atoms with Crippen molar-refractivity contribution in [2.75, 3.05) is 0 Å². The zero-order valence-electron chi connectivity index (χ0n) is 19.6. The van der Waals surface area contributed by atoms with Gasteiger partial charge in [-0.3, -0.25) is 0 Å². The summed E-state index contributed by atoms with van der Waals surface area (Å²) in [6.45, 7) is 6.83. The van der Waals surface area contributed by atoms with Crippen LogP contribution in [-0.2, 0) is 12.5 Å². The van der Waals surface area contributed by atoms with Crippen LogP contribution >= 0.6 is 0 Å². The number of pyridine rings is 1. The quantitative estimate of drug-likeness (QED) is 0.401. The molecule has 3 aromatic rings. The Kier molecular flexibility index (Phi) is 4.36. The normalized spacial score (nSPS) is 29.3. The molecule has 1 heteroatoms. The van der Waals surface area contributed by atoms with Crippen molar-refractivity contribution in [1.82, 2.24) is 0 Å². The Bertz CT molecular complexity index is 1130. The largest absolute Gasteiger partial charge is 0.220 e. The molecule has 4 saturated carbocycles. The number of benzene rings is 2. The Morgan fingerprint density at radius 1 is 0.871 bits per heavy atom. The number of rotatable bonds is 3. The maximum atomic E-state index is 2.56. The van der Waals surface area contributed by atoms with E-state index in [-0.39, 0.29) is 0 Å². The minimum atomic E-state index is 0.467. The maximum absolute atomic E-state index is 2.56. The fourth-order valence-corrected chi connectivity index (χ4v) is 7.76. The standard InChI is InChI=1S/C30H36N/c1-19(2)24-6-5-20(3)28(15-24)29-27-8-7-26(14-25(27)9-10-31(29)4)30-16-21-11-22(17-30)13-23(12-21)18-30/h5-10,14-15,19,21-23H,11-13,16-18H2,1-4H3/q+1. The van der Waals surface area contributed by atoms with Crippen molar-refractivity contribution in [2.24, 2.45) is 24.8 Å². The molecule has 4 bridgehead atoms. The molecule has 4 aliphatic rings. The van der Waals surface area contributed by atoms with Crippen molar-refractivity contribution >= 4 is 10.8 Å². The summed E-state index contributed by atoms with van der Waals surface area (Å²) < 4.78 is 2.32. The third-order valence-corrected chi connectivity index (χ3v) is 8.97. The first kappa shape index (κ1) is 19.5. The second kappa shape index (κ2) is 6.92. The van der Waals surface area contributed by atoms with Crippen LogP contribution in [0.5, 0.6) is 0 Å². The lowest BCUT2D eigenvalue weighted by molar-refractivity contribution is -0.659. The number of hydrogen-bond donors (Lipinski definition) is 0. The van der Waals surface area contributed by atoms with Crippen molar-refractivity contribution in [1.29, 1.82) is 0 Å². The van der Waals surface area contributed by atoms with Crippen LogP contribution in [0, 0.1) is 24.7 Å². The molecule has 1 heterocycles. The van der Waals surface area contributed by atoms with E-state index in [1.807, 2.05) is 0 Å². The van der Waals surface area contributed by atoms with Gasteiger partial charge in [0.15, 0.2) is 6.20 Å². The molecule has 1 aromatic heterocycles. The topological polar surface area (TPSA) is 3.88 Å². The highest BCUT2D eigenvalue weighted by molar-refractivity contribution is 5.94. The summed E-state index contributed by atoms with van der Waals surface area (Å²) in [6, 6.07) is 16.9. The van der Waals surface area contributed by atoms with E-state index in [0.717, 1.165) is 17.8 Å². The lowest BCUT2D eigenvalue weighted by Gasteiger charge is -2.57. The highest BCUT2D eigenvalue weighted by Gasteiger charge is 2.51. The van der Waals surface area contributed by atoms with Gasteiger partial charge in [-0.1, -0.05) is 38.1 Å². The summed E-state index contributed by atoms with van der Waals surface area (Å²) in [6.07, 6.45) is 11.1. The molecule has 1 nitrogen and oxygen atoms in total. The van der Waals surface area contributed by atoms with E-state index < -0.39 is 0 Å². The molecule has 31 heavy (non-hydrogen) atoms. The van der Waals surface area contributed by atoms with E-state index >= 15 is 0 Å². The van der Waals surface area contributed by atoms with E-state index in [9.17, 15) is 0 Å². The average molecular weight is 411 g/mol. The lowest BCUT2D eigenvalue weighted by Crippen LogP contribution is -2.48. The van der Waals surface area contributed by atoms with E-state index in [4.69, 9.17) is 0 Å². The number of hydrogen-bond acceptors (Lipinski definition) is 0. The van der Waals surface area contributed by atoms with Crippen molar-refractivity contribution in [2.45, 2.75) is 70.6 Å². The monoisotopic (exact) mass is 410 g/mol. The Morgan fingerprint density at radius 2 is 1.55 bits per heavy atom. The molecule has 0 aliphatic heterocycles. The first-order valence-electron chi connectivity index (χ1n) is 12.5. The third-order valence-electron chi connectivity index (χ3n) is 8.97. The molecule has 0 N–H and O–H groups in total. The Hall–Kier alpha value is -2.15. The number of aromatic nitrogens is 1. The van der Waals surface area contributed by atoms with E-state index in [2.05, 4.69) is 81.0 Å². The van der Waals surface area contributed by atoms with Gasteiger partial charge >= 0.3 is 0 Å². The highest BCUT2D eigenvalue weighted by atomic mass is 14.9. The Morgan fingerprint density at radius 3 is 2.19 bits per heavy atom. The van der Waals surface area contributed by atoms with E-state index in [1.54, 1.807) is 5.56 Å². The number of aryl methyl sites for hydroxylation is 2. The SMILES string of the molecule is Cc1ccc(C(C)C)cc1-c1c2ccc(C34CC5CC(CC(C5)C3)C4)cc2cc[n+]1C. The van der Waals surface area contributed by atoms with Crippen molar-refractivity contribution in [3.05, 3.63) is 65.4 Å². The second-order valence-corrected chi connectivity index (χ2v) is 11.5. The average Bonchev–Trinajstić information content (AvgIpc) is 2.73. The molecule has 0 spiro atoms. The molecular weight excluding hydrogens is 374 g/mol. The third kappa shape index (κ3) is 3.07. The molecule has 0 amide bonds. The Labute approximate surface area is 187 Å². The van der Waals surface area contributed by atoms with Gasteiger partial charge in [0.1, 0.15) is 7.05 Å². The molecule has 0 radical (unpaired) electrons. The van der Waals surface area contributed by atoms with Gasteiger partial charge in [-0.25, -0.2) is 4.57 Å². The van der Waals surface area contributed by atoms with Crippen LogP contribution in [0.1, 0.15) is 75.0 Å². The summed E-state index contributed by atoms with van der Waals surface area (Å²) >= 11 is 0. The zero-order chi connectivity index (χ0) is 21.3. The summed E-state index contributed by atoms with van der Waals surface area (Å²) in [5, 5.41) is 2.80. The molecule has 0 saturated heterocycles.